The van der Waals surface area contributed by atoms with Crippen molar-refractivity contribution in [1.29, 1.82) is 0 Å². The molecule has 29 heavy (non-hydrogen) atoms. The third-order valence-corrected chi connectivity index (χ3v) is 7.31. The number of rotatable bonds is 4. The summed E-state index contributed by atoms with van der Waals surface area (Å²) in [5.41, 5.74) is 2.85. The molecule has 1 saturated heterocycles. The lowest BCUT2D eigenvalue weighted by Crippen LogP contribution is -2.61. The van der Waals surface area contributed by atoms with E-state index >= 15 is 0 Å². The number of hydrogen-bond donors (Lipinski definition) is 2. The quantitative estimate of drug-likeness (QED) is 0.783. The van der Waals surface area contributed by atoms with Gasteiger partial charge in [0.25, 0.3) is 0 Å². The summed E-state index contributed by atoms with van der Waals surface area (Å²) >= 11 is 0. The molecule has 2 bridgehead atoms. The van der Waals surface area contributed by atoms with E-state index in [1.165, 1.54) is 0 Å². The van der Waals surface area contributed by atoms with Crippen LogP contribution in [0.3, 0.4) is 0 Å². The molecule has 1 aliphatic heterocycles. The number of carbonyl (C=O) groups excluding carboxylic acids is 1. The fourth-order valence-electron chi connectivity index (χ4n) is 6.14. The van der Waals surface area contributed by atoms with Crippen LogP contribution in [0.25, 0.3) is 0 Å². The second kappa shape index (κ2) is 7.06. The second-order valence-corrected chi connectivity index (χ2v) is 8.81. The van der Waals surface area contributed by atoms with Gasteiger partial charge in [-0.15, -0.1) is 0 Å². The normalized spacial score (nSPS) is 30.2. The summed E-state index contributed by atoms with van der Waals surface area (Å²) in [5, 5.41) is 21.5. The first kappa shape index (κ1) is 18.5. The average Bonchev–Trinajstić information content (AvgIpc) is 2.72. The van der Waals surface area contributed by atoms with Crippen LogP contribution in [0.5, 0.6) is 11.5 Å². The Morgan fingerprint density at radius 1 is 1.21 bits per heavy atom. The molecule has 2 N–H and O–H groups in total. The highest BCUT2D eigenvalue weighted by atomic mass is 16.5. The van der Waals surface area contributed by atoms with Gasteiger partial charge in [0.05, 0.1) is 6.10 Å². The maximum absolute atomic E-state index is 11.7. The van der Waals surface area contributed by atoms with E-state index in [1.807, 2.05) is 41.3 Å². The summed E-state index contributed by atoms with van der Waals surface area (Å²) in [4.78, 5) is 13.6. The van der Waals surface area contributed by atoms with Crippen LogP contribution in [-0.2, 0) is 23.2 Å². The lowest BCUT2D eigenvalue weighted by Gasteiger charge is -2.59. The fourth-order valence-corrected chi connectivity index (χ4v) is 6.14. The van der Waals surface area contributed by atoms with E-state index in [0.29, 0.717) is 31.2 Å². The maximum Gasteiger partial charge on any atom is 0.209 e. The highest BCUT2D eigenvalue weighted by molar-refractivity contribution is 5.56. The van der Waals surface area contributed by atoms with Gasteiger partial charge in [-0.3, -0.25) is 4.79 Å². The standard InChI is InChI=1S/C24H27NO4/c26-15-25-9-8-24-13-18(27)6-7-20(24)21(25)11-17-10-19(12-22(28)23(17)24)29-14-16-4-2-1-3-5-16/h1-5,10,12,15,18,20-21,27-28H,6-9,11,13-14H2/t18?,20-,21+,24-/m0/s1. The number of piperidine rings is 1. The first-order valence-electron chi connectivity index (χ1n) is 10.5. The van der Waals surface area contributed by atoms with Crippen molar-refractivity contribution in [1.82, 2.24) is 4.90 Å². The first-order valence-corrected chi connectivity index (χ1v) is 10.5. The first-order chi connectivity index (χ1) is 14.1. The van der Waals surface area contributed by atoms with Crippen molar-refractivity contribution in [3.8, 4) is 11.5 Å². The highest BCUT2D eigenvalue weighted by Crippen LogP contribution is 2.58. The number of phenols is 1. The van der Waals surface area contributed by atoms with Gasteiger partial charge < -0.3 is 19.8 Å². The minimum Gasteiger partial charge on any atom is -0.507 e. The molecule has 5 heteroatoms. The SMILES string of the molecule is O=CN1CC[C@]23CC(O)CC[C@H]2[C@H]1Cc1cc(OCc2ccccc2)cc(O)c13. The van der Waals surface area contributed by atoms with Gasteiger partial charge in [-0.25, -0.2) is 0 Å². The van der Waals surface area contributed by atoms with Crippen molar-refractivity contribution in [3.63, 3.8) is 0 Å². The number of fused-ring (bicyclic) bond motifs is 1. The van der Waals surface area contributed by atoms with Crippen LogP contribution in [-0.4, -0.2) is 40.2 Å². The van der Waals surface area contributed by atoms with Crippen LogP contribution < -0.4 is 4.74 Å². The van der Waals surface area contributed by atoms with Crippen LogP contribution in [0.15, 0.2) is 42.5 Å². The number of likely N-dealkylation sites (tertiary alicyclic amines) is 1. The lowest BCUT2D eigenvalue weighted by atomic mass is 9.51. The largest absolute Gasteiger partial charge is 0.507 e. The Bertz CT molecular complexity index is 915. The van der Waals surface area contributed by atoms with E-state index in [1.54, 1.807) is 6.07 Å². The molecule has 2 fully saturated rings. The number of hydrogen-bond acceptors (Lipinski definition) is 4. The minimum absolute atomic E-state index is 0.130. The van der Waals surface area contributed by atoms with Crippen molar-refractivity contribution in [3.05, 3.63) is 59.2 Å². The van der Waals surface area contributed by atoms with Crippen LogP contribution in [0.1, 0.15) is 42.4 Å². The molecule has 0 radical (unpaired) electrons. The van der Waals surface area contributed by atoms with E-state index in [0.717, 1.165) is 48.8 Å². The molecule has 0 spiro atoms. The van der Waals surface area contributed by atoms with Gasteiger partial charge in [0.1, 0.15) is 18.1 Å². The number of ether oxygens (including phenoxy) is 1. The zero-order chi connectivity index (χ0) is 20.0. The molecule has 4 atom stereocenters. The van der Waals surface area contributed by atoms with Crippen molar-refractivity contribution >= 4 is 6.41 Å². The Morgan fingerprint density at radius 3 is 2.83 bits per heavy atom. The molecule has 2 aliphatic carbocycles. The van der Waals surface area contributed by atoms with Crippen molar-refractivity contribution < 1.29 is 19.7 Å². The van der Waals surface area contributed by atoms with Gasteiger partial charge in [0.15, 0.2) is 0 Å². The Morgan fingerprint density at radius 2 is 2.03 bits per heavy atom. The Balaban J connectivity index is 1.52. The summed E-state index contributed by atoms with van der Waals surface area (Å²) in [6, 6.07) is 13.8. The molecule has 5 nitrogen and oxygen atoms in total. The molecule has 152 valence electrons. The molecule has 2 aromatic carbocycles. The van der Waals surface area contributed by atoms with Gasteiger partial charge >= 0.3 is 0 Å². The number of aromatic hydroxyl groups is 1. The number of aliphatic hydroxyl groups excluding tert-OH is 1. The molecule has 0 aromatic heterocycles. The van der Waals surface area contributed by atoms with Gasteiger partial charge in [0.2, 0.25) is 6.41 Å². The van der Waals surface area contributed by atoms with Gasteiger partial charge in [-0.05, 0) is 55.2 Å². The number of nitrogens with zero attached hydrogens (tertiary/aromatic N) is 1. The molecule has 2 aromatic rings. The van der Waals surface area contributed by atoms with Crippen LogP contribution >= 0.6 is 0 Å². The zero-order valence-corrected chi connectivity index (χ0v) is 16.5. The van der Waals surface area contributed by atoms with Gasteiger partial charge in [-0.1, -0.05) is 30.3 Å². The lowest BCUT2D eigenvalue weighted by molar-refractivity contribution is -0.128. The molecule has 1 amide bonds. The average molecular weight is 393 g/mol. The zero-order valence-electron chi connectivity index (χ0n) is 16.5. The summed E-state index contributed by atoms with van der Waals surface area (Å²) in [5.74, 6) is 1.20. The predicted octanol–water partition coefficient (Wildman–Crippen LogP) is 3.16. The third kappa shape index (κ3) is 2.99. The Hall–Kier alpha value is -2.53. The number of carbonyl (C=O) groups is 1. The van der Waals surface area contributed by atoms with Gasteiger partial charge in [-0.2, -0.15) is 0 Å². The van der Waals surface area contributed by atoms with Crippen LogP contribution in [0.2, 0.25) is 0 Å². The molecule has 1 saturated carbocycles. The summed E-state index contributed by atoms with van der Waals surface area (Å²) in [6.07, 6.45) is 4.45. The monoisotopic (exact) mass is 393 g/mol. The summed E-state index contributed by atoms with van der Waals surface area (Å²) < 4.78 is 5.98. The third-order valence-electron chi connectivity index (χ3n) is 7.31. The molecular weight excluding hydrogens is 366 g/mol. The molecular formula is C24H27NO4. The fraction of sp³-hybridized carbons (Fsp3) is 0.458. The van der Waals surface area contributed by atoms with E-state index in [9.17, 15) is 15.0 Å². The van der Waals surface area contributed by atoms with Gasteiger partial charge in [0, 0.05) is 29.6 Å². The highest BCUT2D eigenvalue weighted by Gasteiger charge is 2.56. The number of phenolic OH excluding ortho intramolecular Hbond substituents is 1. The molecule has 1 heterocycles. The van der Waals surface area contributed by atoms with Crippen molar-refractivity contribution in [2.24, 2.45) is 5.92 Å². The second-order valence-electron chi connectivity index (χ2n) is 8.81. The molecule has 3 aliphatic rings. The Labute approximate surface area is 170 Å². The van der Waals surface area contributed by atoms with E-state index in [2.05, 4.69) is 0 Å². The van der Waals surface area contributed by atoms with Crippen molar-refractivity contribution in [2.45, 2.75) is 56.3 Å². The number of benzene rings is 2. The van der Waals surface area contributed by atoms with E-state index < -0.39 is 0 Å². The van der Waals surface area contributed by atoms with Crippen LogP contribution in [0.4, 0.5) is 0 Å². The van der Waals surface area contributed by atoms with Crippen molar-refractivity contribution in [2.75, 3.05) is 6.54 Å². The summed E-state index contributed by atoms with van der Waals surface area (Å²) in [7, 11) is 0. The summed E-state index contributed by atoms with van der Waals surface area (Å²) in [6.45, 7) is 1.12. The van der Waals surface area contributed by atoms with E-state index in [4.69, 9.17) is 4.74 Å². The number of aliphatic hydroxyl groups is 1. The van der Waals surface area contributed by atoms with Crippen LogP contribution in [0, 0.1) is 5.92 Å². The Kier molecular flexibility index (Phi) is 4.50. The molecule has 1 unspecified atom stereocenters. The molecule has 5 rings (SSSR count). The topological polar surface area (TPSA) is 70.0 Å². The predicted molar refractivity (Wildman–Crippen MR) is 109 cm³/mol. The smallest absolute Gasteiger partial charge is 0.209 e. The van der Waals surface area contributed by atoms with E-state index in [-0.39, 0.29) is 23.3 Å². The minimum atomic E-state index is -0.353. The maximum atomic E-state index is 11.7. The number of amides is 1.